The molecule has 0 aliphatic heterocycles. The maximum absolute atomic E-state index is 12.4. The highest BCUT2D eigenvalue weighted by Gasteiger charge is 2.13. The number of rotatable bonds is 4. The predicted octanol–water partition coefficient (Wildman–Crippen LogP) is 3.47. The van der Waals surface area contributed by atoms with Gasteiger partial charge in [-0.2, -0.15) is 0 Å². The first-order valence-corrected chi connectivity index (χ1v) is 8.88. The van der Waals surface area contributed by atoms with Crippen molar-refractivity contribution in [2.75, 3.05) is 11.6 Å². The van der Waals surface area contributed by atoms with Gasteiger partial charge in [0.2, 0.25) is 0 Å². The molecule has 1 amide bonds. The van der Waals surface area contributed by atoms with Crippen LogP contribution in [0.2, 0.25) is 0 Å². The van der Waals surface area contributed by atoms with Crippen LogP contribution in [0.4, 0.5) is 5.69 Å². The molecule has 0 saturated heterocycles. The second kappa shape index (κ2) is 6.32. The molecular formula is C17H19NO3S. The van der Waals surface area contributed by atoms with Crippen molar-refractivity contribution in [1.29, 1.82) is 0 Å². The minimum Gasteiger partial charge on any atom is -0.322 e. The zero-order valence-corrected chi connectivity index (χ0v) is 13.6. The van der Waals surface area contributed by atoms with Gasteiger partial charge in [-0.15, -0.1) is 0 Å². The Balaban J connectivity index is 2.31. The fourth-order valence-corrected chi connectivity index (χ4v) is 2.84. The van der Waals surface area contributed by atoms with Gasteiger partial charge in [-0.05, 0) is 35.7 Å². The summed E-state index contributed by atoms with van der Waals surface area (Å²) in [5.41, 5.74) is 2.10. The molecule has 5 heteroatoms. The van der Waals surface area contributed by atoms with Gasteiger partial charge in [0.05, 0.1) is 4.90 Å². The van der Waals surface area contributed by atoms with Crippen LogP contribution >= 0.6 is 0 Å². The van der Waals surface area contributed by atoms with E-state index in [0.717, 1.165) is 17.5 Å². The van der Waals surface area contributed by atoms with Gasteiger partial charge < -0.3 is 5.32 Å². The van der Waals surface area contributed by atoms with Crippen LogP contribution < -0.4 is 5.32 Å². The number of carbonyl (C=O) groups excluding carboxylic acids is 1. The van der Waals surface area contributed by atoms with Crippen LogP contribution in [0.3, 0.4) is 0 Å². The Morgan fingerprint density at radius 1 is 1.05 bits per heavy atom. The topological polar surface area (TPSA) is 63.2 Å². The summed E-state index contributed by atoms with van der Waals surface area (Å²) in [4.78, 5) is 12.5. The van der Waals surface area contributed by atoms with Crippen LogP contribution in [0.5, 0.6) is 0 Å². The molecule has 0 fully saturated rings. The summed E-state index contributed by atoms with van der Waals surface area (Å²) in [7, 11) is -3.33. The second-order valence-corrected chi connectivity index (χ2v) is 7.51. The Labute approximate surface area is 131 Å². The third-order valence-corrected chi connectivity index (χ3v) is 4.47. The SMILES string of the molecule is CC(C)c1ccccc1NC(=O)c1cccc(S(C)(=O)=O)c1. The monoisotopic (exact) mass is 317 g/mol. The first-order valence-electron chi connectivity index (χ1n) is 6.99. The minimum absolute atomic E-state index is 0.136. The molecule has 0 aliphatic rings. The van der Waals surface area contributed by atoms with E-state index in [1.54, 1.807) is 12.1 Å². The quantitative estimate of drug-likeness (QED) is 0.939. The van der Waals surface area contributed by atoms with E-state index in [2.05, 4.69) is 19.2 Å². The number of anilines is 1. The largest absolute Gasteiger partial charge is 0.322 e. The van der Waals surface area contributed by atoms with Gasteiger partial charge in [0.15, 0.2) is 9.84 Å². The standard InChI is InChI=1S/C17H19NO3S/c1-12(2)15-9-4-5-10-16(15)18-17(19)13-7-6-8-14(11-13)22(3,20)21/h4-12H,1-3H3,(H,18,19). The molecule has 0 aromatic heterocycles. The van der Waals surface area contributed by atoms with Gasteiger partial charge in [-0.1, -0.05) is 38.1 Å². The van der Waals surface area contributed by atoms with Crippen molar-refractivity contribution in [1.82, 2.24) is 0 Å². The molecule has 0 radical (unpaired) electrons. The Kier molecular flexibility index (Phi) is 4.66. The molecule has 116 valence electrons. The lowest BCUT2D eigenvalue weighted by atomic mass is 10.0. The molecule has 2 aromatic rings. The van der Waals surface area contributed by atoms with Crippen molar-refractivity contribution in [2.45, 2.75) is 24.7 Å². The van der Waals surface area contributed by atoms with Gasteiger partial charge in [0.25, 0.3) is 5.91 Å². The smallest absolute Gasteiger partial charge is 0.255 e. The van der Waals surface area contributed by atoms with Crippen LogP contribution in [0.1, 0.15) is 35.7 Å². The highest BCUT2D eigenvalue weighted by Crippen LogP contribution is 2.24. The molecule has 0 spiro atoms. The van der Waals surface area contributed by atoms with Crippen LogP contribution in [0.15, 0.2) is 53.4 Å². The second-order valence-electron chi connectivity index (χ2n) is 5.50. The highest BCUT2D eigenvalue weighted by molar-refractivity contribution is 7.90. The average Bonchev–Trinajstić information content (AvgIpc) is 2.47. The van der Waals surface area contributed by atoms with Crippen molar-refractivity contribution in [3.8, 4) is 0 Å². The van der Waals surface area contributed by atoms with Crippen LogP contribution in [-0.4, -0.2) is 20.6 Å². The first kappa shape index (κ1) is 16.2. The molecule has 2 aromatic carbocycles. The lowest BCUT2D eigenvalue weighted by Crippen LogP contribution is -2.14. The summed E-state index contributed by atoms with van der Waals surface area (Å²) in [6.45, 7) is 4.10. The zero-order chi connectivity index (χ0) is 16.3. The number of benzene rings is 2. The molecule has 0 heterocycles. The van der Waals surface area contributed by atoms with E-state index in [1.165, 1.54) is 12.1 Å². The lowest BCUT2D eigenvalue weighted by Gasteiger charge is -2.13. The van der Waals surface area contributed by atoms with Crippen molar-refractivity contribution >= 4 is 21.4 Å². The summed E-state index contributed by atoms with van der Waals surface area (Å²) in [5.74, 6) is -0.0440. The Bertz CT molecular complexity index is 795. The zero-order valence-electron chi connectivity index (χ0n) is 12.8. The predicted molar refractivity (Wildman–Crippen MR) is 88.0 cm³/mol. The molecule has 0 atom stereocenters. The fraction of sp³-hybridized carbons (Fsp3) is 0.235. The number of carbonyl (C=O) groups is 1. The van der Waals surface area contributed by atoms with E-state index in [-0.39, 0.29) is 16.7 Å². The maximum atomic E-state index is 12.4. The van der Waals surface area contributed by atoms with Crippen molar-refractivity contribution < 1.29 is 13.2 Å². The van der Waals surface area contributed by atoms with Gasteiger partial charge in [-0.3, -0.25) is 4.79 Å². The number of sulfone groups is 1. The Morgan fingerprint density at radius 3 is 2.36 bits per heavy atom. The molecule has 0 saturated carbocycles. The van der Waals surface area contributed by atoms with E-state index < -0.39 is 9.84 Å². The first-order chi connectivity index (χ1) is 10.3. The third-order valence-electron chi connectivity index (χ3n) is 3.36. The molecule has 0 bridgehead atoms. The van der Waals surface area contributed by atoms with Crippen LogP contribution in [0, 0.1) is 0 Å². The Morgan fingerprint density at radius 2 is 1.73 bits per heavy atom. The summed E-state index contributed by atoms with van der Waals surface area (Å²) < 4.78 is 23.2. The van der Waals surface area contributed by atoms with Crippen molar-refractivity contribution in [3.63, 3.8) is 0 Å². The molecule has 1 N–H and O–H groups in total. The summed E-state index contributed by atoms with van der Waals surface area (Å²) in [6, 6.07) is 13.6. The van der Waals surface area contributed by atoms with Gasteiger partial charge >= 0.3 is 0 Å². The molecule has 22 heavy (non-hydrogen) atoms. The van der Waals surface area contributed by atoms with Crippen molar-refractivity contribution in [3.05, 3.63) is 59.7 Å². The van der Waals surface area contributed by atoms with Crippen LogP contribution in [-0.2, 0) is 9.84 Å². The number of amides is 1. The molecule has 2 rings (SSSR count). The summed E-state index contributed by atoms with van der Waals surface area (Å²) in [5, 5.41) is 2.85. The maximum Gasteiger partial charge on any atom is 0.255 e. The highest BCUT2D eigenvalue weighted by atomic mass is 32.2. The molecular weight excluding hydrogens is 298 g/mol. The fourth-order valence-electron chi connectivity index (χ4n) is 2.18. The third kappa shape index (κ3) is 3.74. The van der Waals surface area contributed by atoms with E-state index in [4.69, 9.17) is 0 Å². The number of hydrogen-bond acceptors (Lipinski definition) is 3. The van der Waals surface area contributed by atoms with E-state index >= 15 is 0 Å². The normalized spacial score (nSPS) is 11.5. The number of nitrogens with one attached hydrogen (secondary N) is 1. The lowest BCUT2D eigenvalue weighted by molar-refractivity contribution is 0.102. The summed E-state index contributed by atoms with van der Waals surface area (Å²) in [6.07, 6.45) is 1.12. The molecule has 0 aliphatic carbocycles. The number of para-hydroxylation sites is 1. The molecule has 4 nitrogen and oxygen atoms in total. The minimum atomic E-state index is -3.33. The van der Waals surface area contributed by atoms with E-state index in [0.29, 0.717) is 5.56 Å². The van der Waals surface area contributed by atoms with Crippen molar-refractivity contribution in [2.24, 2.45) is 0 Å². The van der Waals surface area contributed by atoms with Gasteiger partial charge in [0.1, 0.15) is 0 Å². The van der Waals surface area contributed by atoms with Gasteiger partial charge in [-0.25, -0.2) is 8.42 Å². The van der Waals surface area contributed by atoms with E-state index in [1.807, 2.05) is 24.3 Å². The Hall–Kier alpha value is -2.14. The summed E-state index contributed by atoms with van der Waals surface area (Å²) >= 11 is 0. The van der Waals surface area contributed by atoms with Crippen LogP contribution in [0.25, 0.3) is 0 Å². The molecule has 0 unspecified atom stereocenters. The van der Waals surface area contributed by atoms with Gasteiger partial charge in [0, 0.05) is 17.5 Å². The average molecular weight is 317 g/mol. The van der Waals surface area contributed by atoms with E-state index in [9.17, 15) is 13.2 Å². The number of hydrogen-bond donors (Lipinski definition) is 1.